The maximum atomic E-state index is 5.64. The molecule has 1 aromatic carbocycles. The van der Waals surface area contributed by atoms with Crippen LogP contribution in [0.4, 0.5) is 0 Å². The fourth-order valence-corrected chi connectivity index (χ4v) is 3.50. The van der Waals surface area contributed by atoms with Crippen molar-refractivity contribution in [2.75, 3.05) is 6.54 Å². The summed E-state index contributed by atoms with van der Waals surface area (Å²) in [5.41, 5.74) is 9.14. The Labute approximate surface area is 118 Å². The van der Waals surface area contributed by atoms with Gasteiger partial charge in [0.1, 0.15) is 0 Å². The zero-order valence-electron chi connectivity index (χ0n) is 12.8. The molecule has 2 N–H and O–H groups in total. The number of rotatable bonds is 4. The predicted molar refractivity (Wildman–Crippen MR) is 83.5 cm³/mol. The van der Waals surface area contributed by atoms with E-state index in [-0.39, 0.29) is 0 Å². The van der Waals surface area contributed by atoms with Gasteiger partial charge in [0.2, 0.25) is 0 Å². The largest absolute Gasteiger partial charge is 0.330 e. The zero-order valence-corrected chi connectivity index (χ0v) is 12.8. The molecule has 0 heterocycles. The van der Waals surface area contributed by atoms with E-state index in [9.17, 15) is 0 Å². The molecule has 19 heavy (non-hydrogen) atoms. The first-order valence-corrected chi connectivity index (χ1v) is 7.82. The van der Waals surface area contributed by atoms with E-state index in [0.717, 1.165) is 18.9 Å². The minimum absolute atomic E-state index is 0.522. The molecule has 0 spiro atoms. The van der Waals surface area contributed by atoms with Crippen LogP contribution in [0, 0.1) is 5.41 Å². The molecule has 0 aliphatic heterocycles. The smallest absolute Gasteiger partial charge is 0.00715 e. The van der Waals surface area contributed by atoms with Crippen molar-refractivity contribution >= 4 is 0 Å². The van der Waals surface area contributed by atoms with E-state index < -0.39 is 0 Å². The minimum atomic E-state index is 0.522. The summed E-state index contributed by atoms with van der Waals surface area (Å²) in [7, 11) is 0. The highest BCUT2D eigenvalue weighted by atomic mass is 14.5. The average Bonchev–Trinajstić information content (AvgIpc) is 2.38. The van der Waals surface area contributed by atoms with Gasteiger partial charge in [-0.15, -0.1) is 0 Å². The van der Waals surface area contributed by atoms with Crippen molar-refractivity contribution in [1.29, 1.82) is 0 Å². The summed E-state index contributed by atoms with van der Waals surface area (Å²) in [5, 5.41) is 0. The highest BCUT2D eigenvalue weighted by Gasteiger charge is 2.28. The lowest BCUT2D eigenvalue weighted by Crippen LogP contribution is -2.21. The van der Waals surface area contributed by atoms with Crippen LogP contribution in [0.2, 0.25) is 0 Å². The third kappa shape index (κ3) is 3.82. The molecule has 2 atom stereocenters. The maximum Gasteiger partial charge on any atom is -0.00715 e. The Morgan fingerprint density at radius 3 is 2.53 bits per heavy atom. The summed E-state index contributed by atoms with van der Waals surface area (Å²) in [4.78, 5) is 0. The molecule has 0 aromatic heterocycles. The fourth-order valence-electron chi connectivity index (χ4n) is 3.50. The predicted octanol–water partition coefficient (Wildman–Crippen LogP) is 4.82. The molecule has 1 heteroatoms. The molecule has 0 saturated heterocycles. The third-order valence-electron chi connectivity index (χ3n) is 4.78. The van der Waals surface area contributed by atoms with Crippen molar-refractivity contribution in [1.82, 2.24) is 0 Å². The van der Waals surface area contributed by atoms with E-state index in [2.05, 4.69) is 45.0 Å². The fraction of sp³-hybridized carbons (Fsp3) is 0.667. The van der Waals surface area contributed by atoms with E-state index in [4.69, 9.17) is 5.73 Å². The van der Waals surface area contributed by atoms with Crippen molar-refractivity contribution in [2.24, 2.45) is 11.1 Å². The van der Waals surface area contributed by atoms with Gasteiger partial charge in [0.25, 0.3) is 0 Å². The molecule has 1 fully saturated rings. The van der Waals surface area contributed by atoms with E-state index in [0.29, 0.717) is 11.3 Å². The van der Waals surface area contributed by atoms with Crippen LogP contribution in [0.5, 0.6) is 0 Å². The van der Waals surface area contributed by atoms with Crippen LogP contribution >= 0.6 is 0 Å². The van der Waals surface area contributed by atoms with Crippen LogP contribution in [0.1, 0.15) is 75.8 Å². The first-order valence-electron chi connectivity index (χ1n) is 7.82. The summed E-state index contributed by atoms with van der Waals surface area (Å²) < 4.78 is 0. The highest BCUT2D eigenvalue weighted by molar-refractivity contribution is 5.28. The molecule has 1 saturated carbocycles. The summed E-state index contributed by atoms with van der Waals surface area (Å²) in [6, 6.07) is 9.34. The molecular weight excluding hydrogens is 230 g/mol. The van der Waals surface area contributed by atoms with Crippen LogP contribution in [0.3, 0.4) is 0 Å². The van der Waals surface area contributed by atoms with Crippen molar-refractivity contribution in [3.05, 3.63) is 35.4 Å². The molecule has 1 aliphatic carbocycles. The number of nitrogens with two attached hydrogens (primary N) is 1. The molecule has 0 bridgehead atoms. The number of hydrogen-bond donors (Lipinski definition) is 1. The first-order chi connectivity index (χ1) is 9.02. The van der Waals surface area contributed by atoms with Gasteiger partial charge >= 0.3 is 0 Å². The maximum absolute atomic E-state index is 5.64. The summed E-state index contributed by atoms with van der Waals surface area (Å²) in [6.45, 7) is 7.87. The van der Waals surface area contributed by atoms with Gasteiger partial charge < -0.3 is 5.73 Å². The quantitative estimate of drug-likeness (QED) is 0.824. The van der Waals surface area contributed by atoms with Gasteiger partial charge in [-0.25, -0.2) is 0 Å². The van der Waals surface area contributed by atoms with E-state index in [1.165, 1.54) is 36.8 Å². The Morgan fingerprint density at radius 2 is 1.95 bits per heavy atom. The van der Waals surface area contributed by atoms with Crippen molar-refractivity contribution in [3.8, 4) is 0 Å². The molecule has 1 nitrogen and oxygen atoms in total. The zero-order chi connectivity index (χ0) is 13.9. The van der Waals surface area contributed by atoms with Gasteiger partial charge in [-0.2, -0.15) is 0 Å². The monoisotopic (exact) mass is 259 g/mol. The molecule has 2 unspecified atom stereocenters. The number of hydrogen-bond acceptors (Lipinski definition) is 1. The second-order valence-corrected chi connectivity index (χ2v) is 7.10. The van der Waals surface area contributed by atoms with E-state index >= 15 is 0 Å². The lowest BCUT2D eigenvalue weighted by Gasteiger charge is -2.35. The third-order valence-corrected chi connectivity index (χ3v) is 4.78. The Hall–Kier alpha value is -0.820. The molecular formula is C18H29N. The van der Waals surface area contributed by atoms with Gasteiger partial charge in [0.15, 0.2) is 0 Å². The van der Waals surface area contributed by atoms with Crippen molar-refractivity contribution < 1.29 is 0 Å². The van der Waals surface area contributed by atoms with Gasteiger partial charge in [0.05, 0.1) is 0 Å². The van der Waals surface area contributed by atoms with Crippen LogP contribution < -0.4 is 5.73 Å². The lowest BCUT2D eigenvalue weighted by atomic mass is 9.70. The van der Waals surface area contributed by atoms with Crippen molar-refractivity contribution in [2.45, 2.75) is 64.7 Å². The Kier molecular flexibility index (Phi) is 4.67. The second-order valence-electron chi connectivity index (χ2n) is 7.10. The lowest BCUT2D eigenvalue weighted by molar-refractivity contribution is 0.219. The molecule has 2 rings (SSSR count). The molecule has 1 aromatic rings. The van der Waals surface area contributed by atoms with Crippen LogP contribution in [0.25, 0.3) is 0 Å². The van der Waals surface area contributed by atoms with E-state index in [1.54, 1.807) is 0 Å². The minimum Gasteiger partial charge on any atom is -0.330 e. The Bertz CT molecular complexity index is 391. The SMILES string of the molecule is CC(CCN)c1ccc(C2CCCC(C)(C)C2)cc1. The molecule has 0 amide bonds. The first kappa shape index (κ1) is 14.6. The summed E-state index contributed by atoms with van der Waals surface area (Å²) in [5.74, 6) is 1.35. The summed E-state index contributed by atoms with van der Waals surface area (Å²) >= 11 is 0. The second kappa shape index (κ2) is 6.09. The summed E-state index contributed by atoms with van der Waals surface area (Å²) in [6.07, 6.45) is 6.54. The van der Waals surface area contributed by atoms with Crippen LogP contribution in [-0.4, -0.2) is 6.54 Å². The van der Waals surface area contributed by atoms with Crippen LogP contribution in [0.15, 0.2) is 24.3 Å². The van der Waals surface area contributed by atoms with E-state index in [1.807, 2.05) is 0 Å². The van der Waals surface area contributed by atoms with Crippen molar-refractivity contribution in [3.63, 3.8) is 0 Å². The Balaban J connectivity index is 2.05. The van der Waals surface area contributed by atoms with Gasteiger partial charge in [-0.1, -0.05) is 51.5 Å². The Morgan fingerprint density at radius 1 is 1.26 bits per heavy atom. The normalized spacial score (nSPS) is 24.1. The topological polar surface area (TPSA) is 26.0 Å². The highest BCUT2D eigenvalue weighted by Crippen LogP contribution is 2.43. The van der Waals surface area contributed by atoms with Gasteiger partial charge in [-0.05, 0) is 60.6 Å². The molecule has 1 aliphatic rings. The number of benzene rings is 1. The average molecular weight is 259 g/mol. The standard InChI is InChI=1S/C18H29N/c1-14(10-12-19)15-6-8-16(9-7-15)17-5-4-11-18(2,3)13-17/h6-9,14,17H,4-5,10-13,19H2,1-3H3. The molecule has 106 valence electrons. The van der Waals surface area contributed by atoms with Gasteiger partial charge in [0, 0.05) is 0 Å². The van der Waals surface area contributed by atoms with Gasteiger partial charge in [-0.3, -0.25) is 0 Å². The van der Waals surface area contributed by atoms with Crippen LogP contribution in [-0.2, 0) is 0 Å². The molecule has 0 radical (unpaired) electrons.